The topological polar surface area (TPSA) is 42.2 Å². The van der Waals surface area contributed by atoms with Crippen LogP contribution >= 0.6 is 24.0 Å². The summed E-state index contributed by atoms with van der Waals surface area (Å²) in [6, 6.07) is 4.32. The molecule has 0 spiro atoms. The highest BCUT2D eigenvalue weighted by molar-refractivity contribution is 7.98. The summed E-state index contributed by atoms with van der Waals surface area (Å²) in [6.07, 6.45) is 3.24. The molecule has 1 aromatic rings. The van der Waals surface area contributed by atoms with Gasteiger partial charge in [0, 0.05) is 18.8 Å². The Kier molecular flexibility index (Phi) is 5.88. The predicted octanol–water partition coefficient (Wildman–Crippen LogP) is 2.60. The van der Waals surface area contributed by atoms with E-state index in [4.69, 9.17) is 18.0 Å². The zero-order valence-corrected chi connectivity index (χ0v) is 13.1. The normalized spacial score (nSPS) is 12.2. The first kappa shape index (κ1) is 15.2. The standard InChI is InChI=1S/C13H21N3S2/c1-9-5-6-11(12(14)17)13(15-9)16(3)10(2)7-8-18-4/h5-6,10H,7-8H2,1-4H3,(H2,14,17). The number of rotatable bonds is 6. The van der Waals surface area contributed by atoms with Crippen molar-refractivity contribution >= 4 is 34.8 Å². The van der Waals surface area contributed by atoms with Gasteiger partial charge in [-0.25, -0.2) is 4.98 Å². The molecule has 1 rings (SSSR count). The molecule has 1 unspecified atom stereocenters. The summed E-state index contributed by atoms with van der Waals surface area (Å²) in [5.74, 6) is 2.02. The van der Waals surface area contributed by atoms with E-state index in [0.717, 1.165) is 29.2 Å². The van der Waals surface area contributed by atoms with E-state index in [1.54, 1.807) is 0 Å². The Balaban J connectivity index is 2.99. The second-order valence-electron chi connectivity index (χ2n) is 4.43. The minimum Gasteiger partial charge on any atom is -0.389 e. The van der Waals surface area contributed by atoms with Gasteiger partial charge in [0.2, 0.25) is 0 Å². The van der Waals surface area contributed by atoms with Gasteiger partial charge in [-0.3, -0.25) is 0 Å². The van der Waals surface area contributed by atoms with E-state index >= 15 is 0 Å². The van der Waals surface area contributed by atoms with E-state index < -0.39 is 0 Å². The first-order chi connectivity index (χ1) is 8.47. The highest BCUT2D eigenvalue weighted by Crippen LogP contribution is 2.21. The van der Waals surface area contributed by atoms with Crippen molar-refractivity contribution in [3.63, 3.8) is 0 Å². The van der Waals surface area contributed by atoms with Crippen LogP contribution in [0.4, 0.5) is 5.82 Å². The molecule has 1 atom stereocenters. The first-order valence-corrected chi connectivity index (χ1v) is 7.76. The average molecular weight is 283 g/mol. The Morgan fingerprint density at radius 1 is 1.56 bits per heavy atom. The molecule has 3 nitrogen and oxygen atoms in total. The number of nitrogens with zero attached hydrogens (tertiary/aromatic N) is 2. The van der Waals surface area contributed by atoms with E-state index in [0.29, 0.717) is 11.0 Å². The summed E-state index contributed by atoms with van der Waals surface area (Å²) >= 11 is 6.95. The van der Waals surface area contributed by atoms with Crippen LogP contribution in [0.1, 0.15) is 24.6 Å². The number of hydrogen-bond donors (Lipinski definition) is 1. The number of thiocarbonyl (C=S) groups is 1. The molecule has 0 saturated heterocycles. The summed E-state index contributed by atoms with van der Waals surface area (Å²) in [4.78, 5) is 7.14. The lowest BCUT2D eigenvalue weighted by Gasteiger charge is -2.27. The fraction of sp³-hybridized carbons (Fsp3) is 0.538. The maximum Gasteiger partial charge on any atom is 0.139 e. The molecule has 0 aliphatic heterocycles. The van der Waals surface area contributed by atoms with Gasteiger partial charge in [-0.2, -0.15) is 11.8 Å². The third kappa shape index (κ3) is 3.85. The Bertz CT molecular complexity index is 421. The molecule has 0 saturated carbocycles. The van der Waals surface area contributed by atoms with Crippen LogP contribution in [0.25, 0.3) is 0 Å². The molecule has 1 heterocycles. The van der Waals surface area contributed by atoms with Crippen molar-refractivity contribution in [3.8, 4) is 0 Å². The lowest BCUT2D eigenvalue weighted by atomic mass is 10.1. The van der Waals surface area contributed by atoms with Crippen molar-refractivity contribution in [2.45, 2.75) is 26.3 Å². The lowest BCUT2D eigenvalue weighted by Crippen LogP contribution is -2.32. The smallest absolute Gasteiger partial charge is 0.139 e. The van der Waals surface area contributed by atoms with Crippen LogP contribution in [0, 0.1) is 6.92 Å². The Hall–Kier alpha value is -0.810. The van der Waals surface area contributed by atoms with E-state index in [1.165, 1.54) is 0 Å². The summed E-state index contributed by atoms with van der Waals surface area (Å²) in [5.41, 5.74) is 7.60. The van der Waals surface area contributed by atoms with Gasteiger partial charge < -0.3 is 10.6 Å². The molecule has 0 amide bonds. The molecule has 0 bridgehead atoms. The third-order valence-corrected chi connectivity index (χ3v) is 3.88. The Labute approximate surface area is 119 Å². The fourth-order valence-electron chi connectivity index (χ4n) is 1.70. The number of pyridine rings is 1. The maximum absolute atomic E-state index is 5.76. The number of hydrogen-bond acceptors (Lipinski definition) is 4. The quantitative estimate of drug-likeness (QED) is 0.813. The van der Waals surface area contributed by atoms with Crippen LogP contribution in [0.3, 0.4) is 0 Å². The summed E-state index contributed by atoms with van der Waals surface area (Å²) in [7, 11) is 2.05. The minimum absolute atomic E-state index is 0.404. The molecule has 0 radical (unpaired) electrons. The monoisotopic (exact) mass is 283 g/mol. The second kappa shape index (κ2) is 6.95. The molecule has 0 aromatic carbocycles. The molecule has 1 aromatic heterocycles. The van der Waals surface area contributed by atoms with Gasteiger partial charge in [-0.05, 0) is 44.4 Å². The van der Waals surface area contributed by atoms with Gasteiger partial charge in [-0.1, -0.05) is 12.2 Å². The maximum atomic E-state index is 5.76. The molecular formula is C13H21N3S2. The number of thioether (sulfide) groups is 1. The van der Waals surface area contributed by atoms with E-state index in [2.05, 4.69) is 30.1 Å². The van der Waals surface area contributed by atoms with Crippen LogP contribution in [-0.2, 0) is 0 Å². The molecule has 0 aliphatic carbocycles. The van der Waals surface area contributed by atoms with Crippen molar-refractivity contribution in [2.24, 2.45) is 5.73 Å². The molecule has 5 heteroatoms. The number of nitrogens with two attached hydrogens (primary N) is 1. The molecule has 2 N–H and O–H groups in total. The highest BCUT2D eigenvalue weighted by atomic mass is 32.2. The minimum atomic E-state index is 0.404. The van der Waals surface area contributed by atoms with Crippen LogP contribution < -0.4 is 10.6 Å². The van der Waals surface area contributed by atoms with Crippen molar-refractivity contribution in [3.05, 3.63) is 23.4 Å². The van der Waals surface area contributed by atoms with Gasteiger partial charge in [0.25, 0.3) is 0 Å². The van der Waals surface area contributed by atoms with E-state index in [9.17, 15) is 0 Å². The van der Waals surface area contributed by atoms with Gasteiger partial charge in [-0.15, -0.1) is 0 Å². The van der Waals surface area contributed by atoms with E-state index in [1.807, 2.05) is 30.8 Å². The molecule has 100 valence electrons. The summed E-state index contributed by atoms with van der Waals surface area (Å²) < 4.78 is 0. The summed E-state index contributed by atoms with van der Waals surface area (Å²) in [5, 5.41) is 0. The number of aromatic nitrogens is 1. The fourth-order valence-corrected chi connectivity index (χ4v) is 2.43. The van der Waals surface area contributed by atoms with Crippen molar-refractivity contribution in [2.75, 3.05) is 24.0 Å². The molecule has 0 aliphatic rings. The lowest BCUT2D eigenvalue weighted by molar-refractivity contribution is 0.661. The van der Waals surface area contributed by atoms with E-state index in [-0.39, 0.29) is 0 Å². The number of aryl methyl sites for hydroxylation is 1. The Morgan fingerprint density at radius 3 is 2.78 bits per heavy atom. The SMILES string of the molecule is CSCCC(C)N(C)c1nc(C)ccc1C(N)=S. The van der Waals surface area contributed by atoms with Gasteiger partial charge in [0.15, 0.2) is 0 Å². The largest absolute Gasteiger partial charge is 0.389 e. The third-order valence-electron chi connectivity index (χ3n) is 3.01. The molecule has 18 heavy (non-hydrogen) atoms. The second-order valence-corrected chi connectivity index (χ2v) is 5.85. The van der Waals surface area contributed by atoms with Crippen molar-refractivity contribution in [1.82, 2.24) is 4.98 Å². The highest BCUT2D eigenvalue weighted by Gasteiger charge is 2.16. The van der Waals surface area contributed by atoms with Gasteiger partial charge in [0.05, 0.1) is 5.56 Å². The number of anilines is 1. The van der Waals surface area contributed by atoms with Crippen molar-refractivity contribution < 1.29 is 0 Å². The van der Waals surface area contributed by atoms with Crippen LogP contribution in [0.15, 0.2) is 12.1 Å². The summed E-state index contributed by atoms with van der Waals surface area (Å²) in [6.45, 7) is 4.18. The zero-order valence-electron chi connectivity index (χ0n) is 11.4. The van der Waals surface area contributed by atoms with Crippen molar-refractivity contribution in [1.29, 1.82) is 0 Å². The first-order valence-electron chi connectivity index (χ1n) is 5.96. The molecule has 0 fully saturated rings. The average Bonchev–Trinajstić information content (AvgIpc) is 2.34. The van der Waals surface area contributed by atoms with Gasteiger partial charge in [0.1, 0.15) is 10.8 Å². The predicted molar refractivity (Wildman–Crippen MR) is 85.7 cm³/mol. The zero-order chi connectivity index (χ0) is 13.7. The van der Waals surface area contributed by atoms with Crippen LogP contribution in [-0.4, -0.2) is 35.1 Å². The Morgan fingerprint density at radius 2 is 2.22 bits per heavy atom. The van der Waals surface area contributed by atoms with Crippen LogP contribution in [0.2, 0.25) is 0 Å². The van der Waals surface area contributed by atoms with Crippen LogP contribution in [0.5, 0.6) is 0 Å². The molecular weight excluding hydrogens is 262 g/mol. The van der Waals surface area contributed by atoms with Gasteiger partial charge >= 0.3 is 0 Å².